The maximum atomic E-state index is 11.3. The number of hydrogen-bond acceptors (Lipinski definition) is 11. The van der Waals surface area contributed by atoms with Gasteiger partial charge in [0.25, 0.3) is 0 Å². The molecule has 3 rings (SSSR count). The summed E-state index contributed by atoms with van der Waals surface area (Å²) in [5.74, 6) is 1.21. The predicted octanol–water partition coefficient (Wildman–Crippen LogP) is 7.44. The van der Waals surface area contributed by atoms with E-state index in [2.05, 4.69) is 25.8 Å². The van der Waals surface area contributed by atoms with Crippen LogP contribution in [0, 0.1) is 6.92 Å². The summed E-state index contributed by atoms with van der Waals surface area (Å²) < 4.78 is 37.1. The molecule has 0 aromatic heterocycles. The summed E-state index contributed by atoms with van der Waals surface area (Å²) in [5, 5.41) is 0. The summed E-state index contributed by atoms with van der Waals surface area (Å²) in [5.41, 5.74) is 4.83. The molecule has 278 valence electrons. The average Bonchev–Trinajstić information content (AvgIpc) is 3.13. The number of carbonyl (C=O) groups excluding carboxylic acids is 4. The molecule has 0 aliphatic heterocycles. The molecule has 0 radical (unpaired) electrons. The van der Waals surface area contributed by atoms with Gasteiger partial charge in [-0.3, -0.25) is 4.79 Å². The Hall–Kier alpha value is -5.84. The molecule has 0 aliphatic carbocycles. The van der Waals surface area contributed by atoms with Crippen molar-refractivity contribution in [3.05, 3.63) is 108 Å². The molecule has 0 heterocycles. The molecule has 0 aliphatic rings. The SMILES string of the molecule is C=C(C)C(=O)OCCCOc1ccc(C=O)cc1OCCCOC(=O)C(=C)C.C=C(C)C(=O)OCCOc1ccc(-c2ccc(OC)c(C)c2)cc1. The highest BCUT2D eigenvalue weighted by molar-refractivity contribution is 5.87. The lowest BCUT2D eigenvalue weighted by molar-refractivity contribution is -0.140. The molecule has 11 heteroatoms. The second kappa shape index (κ2) is 22.8. The van der Waals surface area contributed by atoms with Crippen LogP contribution < -0.4 is 18.9 Å². The van der Waals surface area contributed by atoms with Crippen LogP contribution in [0.4, 0.5) is 0 Å². The normalized spacial score (nSPS) is 10.0. The Labute approximate surface area is 305 Å². The number of aryl methyl sites for hydroxylation is 1. The molecule has 0 amide bonds. The predicted molar refractivity (Wildman–Crippen MR) is 198 cm³/mol. The second-order valence-corrected chi connectivity index (χ2v) is 11.5. The summed E-state index contributed by atoms with van der Waals surface area (Å²) in [6.07, 6.45) is 1.67. The van der Waals surface area contributed by atoms with Gasteiger partial charge >= 0.3 is 17.9 Å². The standard InChI is InChI=1S/C21H26O7.C20H22O4/c1-15(2)20(23)27-11-5-9-25-18-8-7-17(14-22)13-19(18)26-10-6-12-28-21(24)16(3)4;1-14(2)20(21)24-12-11-23-18-8-5-16(6-9-18)17-7-10-19(22-4)15(3)13-17/h7-8,13-14H,1,3,5-6,9-12H2,2,4H3;5-10,13H,1,11-12H2,2-4H3. The van der Waals surface area contributed by atoms with E-state index in [0.29, 0.717) is 66.1 Å². The van der Waals surface area contributed by atoms with E-state index in [1.54, 1.807) is 46.1 Å². The maximum absolute atomic E-state index is 11.3. The van der Waals surface area contributed by atoms with Crippen LogP contribution in [0.3, 0.4) is 0 Å². The zero-order valence-corrected chi connectivity index (χ0v) is 30.6. The first-order valence-corrected chi connectivity index (χ1v) is 16.6. The molecular formula is C41H48O11. The Balaban J connectivity index is 0.000000364. The van der Waals surface area contributed by atoms with E-state index in [4.69, 9.17) is 33.2 Å². The van der Waals surface area contributed by atoms with Gasteiger partial charge in [-0.05, 0) is 86.8 Å². The fraction of sp³-hybridized carbons (Fsp3) is 0.317. The van der Waals surface area contributed by atoms with Gasteiger partial charge in [-0.2, -0.15) is 0 Å². The van der Waals surface area contributed by atoms with E-state index in [1.165, 1.54) is 0 Å². The molecule has 0 spiro atoms. The van der Waals surface area contributed by atoms with Gasteiger partial charge in [0.2, 0.25) is 0 Å². The fourth-order valence-electron chi connectivity index (χ4n) is 4.11. The van der Waals surface area contributed by atoms with E-state index in [1.807, 2.05) is 43.3 Å². The minimum atomic E-state index is -0.445. The lowest BCUT2D eigenvalue weighted by atomic mass is 10.0. The third-order valence-corrected chi connectivity index (χ3v) is 6.88. The van der Waals surface area contributed by atoms with E-state index < -0.39 is 17.9 Å². The molecule has 0 saturated heterocycles. The maximum Gasteiger partial charge on any atom is 0.333 e. The molecule has 0 unspecified atom stereocenters. The Morgan fingerprint density at radius 3 is 1.58 bits per heavy atom. The van der Waals surface area contributed by atoms with Crippen molar-refractivity contribution < 1.29 is 52.3 Å². The number of benzene rings is 3. The molecule has 0 saturated carbocycles. The third kappa shape index (κ3) is 15.4. The van der Waals surface area contributed by atoms with Gasteiger partial charge < -0.3 is 33.2 Å². The average molecular weight is 717 g/mol. The topological polar surface area (TPSA) is 133 Å². The first-order chi connectivity index (χ1) is 24.9. The molecular weight excluding hydrogens is 668 g/mol. The molecule has 0 N–H and O–H groups in total. The number of carbonyl (C=O) groups is 4. The molecule has 52 heavy (non-hydrogen) atoms. The highest BCUT2D eigenvalue weighted by atomic mass is 16.6. The summed E-state index contributed by atoms with van der Waals surface area (Å²) in [4.78, 5) is 44.8. The van der Waals surface area contributed by atoms with Gasteiger partial charge in [-0.1, -0.05) is 37.9 Å². The Morgan fingerprint density at radius 1 is 0.577 bits per heavy atom. The van der Waals surface area contributed by atoms with Crippen molar-refractivity contribution in [1.29, 1.82) is 0 Å². The summed E-state index contributed by atoms with van der Waals surface area (Å²) in [6.45, 7) is 18.8. The second-order valence-electron chi connectivity index (χ2n) is 11.5. The van der Waals surface area contributed by atoms with Crippen molar-refractivity contribution in [2.24, 2.45) is 0 Å². The molecule has 0 atom stereocenters. The summed E-state index contributed by atoms with van der Waals surface area (Å²) >= 11 is 0. The van der Waals surface area contributed by atoms with Crippen LogP contribution in [0.2, 0.25) is 0 Å². The first kappa shape index (κ1) is 42.3. The Kier molecular flexibility index (Phi) is 18.6. The smallest absolute Gasteiger partial charge is 0.333 e. The Bertz CT molecular complexity index is 1690. The highest BCUT2D eigenvalue weighted by Gasteiger charge is 2.09. The van der Waals surface area contributed by atoms with Crippen LogP contribution in [-0.2, 0) is 28.6 Å². The van der Waals surface area contributed by atoms with E-state index >= 15 is 0 Å². The number of ether oxygens (including phenoxy) is 7. The van der Waals surface area contributed by atoms with Crippen molar-refractivity contribution in [2.75, 3.05) is 46.8 Å². The van der Waals surface area contributed by atoms with Gasteiger partial charge in [0.1, 0.15) is 31.0 Å². The van der Waals surface area contributed by atoms with Crippen molar-refractivity contribution >= 4 is 24.2 Å². The molecule has 0 bridgehead atoms. The van der Waals surface area contributed by atoms with Gasteiger partial charge in [0, 0.05) is 35.1 Å². The molecule has 3 aromatic carbocycles. The van der Waals surface area contributed by atoms with E-state index in [-0.39, 0.29) is 26.4 Å². The van der Waals surface area contributed by atoms with E-state index in [9.17, 15) is 19.2 Å². The number of esters is 3. The largest absolute Gasteiger partial charge is 0.496 e. The number of aldehydes is 1. The van der Waals surface area contributed by atoms with Gasteiger partial charge in [-0.15, -0.1) is 0 Å². The highest BCUT2D eigenvalue weighted by Crippen LogP contribution is 2.29. The minimum absolute atomic E-state index is 0.198. The lowest BCUT2D eigenvalue weighted by Crippen LogP contribution is -2.12. The lowest BCUT2D eigenvalue weighted by Gasteiger charge is -2.13. The van der Waals surface area contributed by atoms with Crippen molar-refractivity contribution in [3.8, 4) is 34.1 Å². The molecule has 11 nitrogen and oxygen atoms in total. The van der Waals surface area contributed by atoms with Crippen molar-refractivity contribution in [2.45, 2.75) is 40.5 Å². The first-order valence-electron chi connectivity index (χ1n) is 16.6. The third-order valence-electron chi connectivity index (χ3n) is 6.88. The van der Waals surface area contributed by atoms with E-state index in [0.717, 1.165) is 28.2 Å². The fourth-order valence-corrected chi connectivity index (χ4v) is 4.11. The van der Waals surface area contributed by atoms with Crippen LogP contribution in [-0.4, -0.2) is 70.9 Å². The summed E-state index contributed by atoms with van der Waals surface area (Å²) in [7, 11) is 1.67. The molecule has 3 aromatic rings. The zero-order chi connectivity index (χ0) is 38.5. The van der Waals surface area contributed by atoms with Gasteiger partial charge in [-0.25, -0.2) is 14.4 Å². The van der Waals surface area contributed by atoms with Gasteiger partial charge in [0.05, 0.1) is 33.5 Å². The zero-order valence-electron chi connectivity index (χ0n) is 30.6. The van der Waals surface area contributed by atoms with Crippen LogP contribution in [0.5, 0.6) is 23.0 Å². The van der Waals surface area contributed by atoms with Crippen LogP contribution >= 0.6 is 0 Å². The summed E-state index contributed by atoms with van der Waals surface area (Å²) in [6, 6.07) is 18.7. The Morgan fingerprint density at radius 2 is 1.08 bits per heavy atom. The number of rotatable bonds is 20. The molecule has 0 fully saturated rings. The minimum Gasteiger partial charge on any atom is -0.496 e. The van der Waals surface area contributed by atoms with Crippen LogP contribution in [0.15, 0.2) is 97.1 Å². The van der Waals surface area contributed by atoms with Gasteiger partial charge in [0.15, 0.2) is 11.5 Å². The quantitative estimate of drug-likeness (QED) is 0.0380. The monoisotopic (exact) mass is 716 g/mol. The van der Waals surface area contributed by atoms with Crippen LogP contribution in [0.25, 0.3) is 11.1 Å². The van der Waals surface area contributed by atoms with Crippen molar-refractivity contribution in [1.82, 2.24) is 0 Å². The van der Waals surface area contributed by atoms with Crippen molar-refractivity contribution in [3.63, 3.8) is 0 Å². The number of hydrogen-bond donors (Lipinski definition) is 0. The number of methoxy groups -OCH3 is 1. The van der Waals surface area contributed by atoms with Crippen LogP contribution in [0.1, 0.15) is 49.5 Å².